The van der Waals surface area contributed by atoms with Crippen LogP contribution >= 0.6 is 0 Å². The van der Waals surface area contributed by atoms with Gasteiger partial charge in [-0.25, -0.2) is 8.42 Å². The minimum Gasteiger partial charge on any atom is -0.381 e. The van der Waals surface area contributed by atoms with Gasteiger partial charge in [0, 0.05) is 26.0 Å². The summed E-state index contributed by atoms with van der Waals surface area (Å²) in [6.07, 6.45) is 1.82. The zero-order valence-corrected chi connectivity index (χ0v) is 10.5. The summed E-state index contributed by atoms with van der Waals surface area (Å²) in [5.41, 5.74) is -1.06. The maximum Gasteiger partial charge on any atom is 0.240 e. The largest absolute Gasteiger partial charge is 0.381 e. The molecule has 1 N–H and O–H groups in total. The van der Waals surface area contributed by atoms with Crippen molar-refractivity contribution in [2.75, 3.05) is 31.8 Å². The van der Waals surface area contributed by atoms with E-state index in [1.165, 1.54) is 0 Å². The Morgan fingerprint density at radius 1 is 1.47 bits per heavy atom. The minimum absolute atomic E-state index is 0.0436. The lowest BCUT2D eigenvalue weighted by atomic mass is 9.81. The number of sulfone groups is 1. The average Bonchev–Trinajstić information content (AvgIpc) is 2.28. The fourth-order valence-electron chi connectivity index (χ4n) is 1.63. The Kier molecular flexibility index (Phi) is 4.48. The molecule has 96 valence electrons. The summed E-state index contributed by atoms with van der Waals surface area (Å²) in [5, 5.41) is 11.6. The van der Waals surface area contributed by atoms with Crippen LogP contribution in [-0.2, 0) is 19.4 Å². The molecule has 0 atom stereocenters. The molecule has 1 fully saturated rings. The summed E-state index contributed by atoms with van der Waals surface area (Å²) in [6, 6.07) is 2.02. The molecule has 0 bridgehead atoms. The minimum atomic E-state index is -3.10. The second-order valence-electron chi connectivity index (χ2n) is 4.19. The Hall–Kier alpha value is -1.13. The molecule has 0 unspecified atom stereocenters. The van der Waals surface area contributed by atoms with Crippen LogP contribution < -0.4 is 5.32 Å². The van der Waals surface area contributed by atoms with Crippen LogP contribution in [-0.4, -0.2) is 46.1 Å². The molecule has 0 saturated carbocycles. The van der Waals surface area contributed by atoms with Crippen LogP contribution in [0.25, 0.3) is 0 Å². The van der Waals surface area contributed by atoms with Gasteiger partial charge in [0.2, 0.25) is 5.91 Å². The van der Waals surface area contributed by atoms with Gasteiger partial charge in [0.1, 0.15) is 15.3 Å². The van der Waals surface area contributed by atoms with Crippen molar-refractivity contribution in [3.05, 3.63) is 0 Å². The van der Waals surface area contributed by atoms with Crippen molar-refractivity contribution in [2.24, 2.45) is 5.41 Å². The second-order valence-corrected chi connectivity index (χ2v) is 6.45. The Balaban J connectivity index is 2.53. The quantitative estimate of drug-likeness (QED) is 0.732. The number of hydrogen-bond donors (Lipinski definition) is 1. The van der Waals surface area contributed by atoms with Crippen molar-refractivity contribution in [1.82, 2.24) is 5.32 Å². The smallest absolute Gasteiger partial charge is 0.240 e. The number of nitrogens with one attached hydrogen (secondary N) is 1. The van der Waals surface area contributed by atoms with Crippen molar-refractivity contribution in [1.29, 1.82) is 5.26 Å². The first-order valence-corrected chi connectivity index (χ1v) is 7.41. The van der Waals surface area contributed by atoms with E-state index < -0.39 is 21.2 Å². The molecule has 1 saturated heterocycles. The summed E-state index contributed by atoms with van der Waals surface area (Å²) in [4.78, 5) is 11.9. The molecular weight excluding hydrogens is 244 g/mol. The first kappa shape index (κ1) is 13.9. The standard InChI is InChI=1S/C10H16N2O4S/c1-17(14,15)7-4-12-9(13)10(8-11)2-5-16-6-3-10/h2-7H2,1H3,(H,12,13). The predicted octanol–water partition coefficient (Wildman–Crippen LogP) is -0.532. The highest BCUT2D eigenvalue weighted by molar-refractivity contribution is 7.90. The van der Waals surface area contributed by atoms with Crippen molar-refractivity contribution < 1.29 is 17.9 Å². The number of hydrogen-bond acceptors (Lipinski definition) is 5. The number of carbonyl (C=O) groups excluding carboxylic acids is 1. The van der Waals surface area contributed by atoms with Gasteiger partial charge in [-0.2, -0.15) is 5.26 Å². The van der Waals surface area contributed by atoms with E-state index in [2.05, 4.69) is 5.32 Å². The number of carbonyl (C=O) groups is 1. The number of amides is 1. The molecule has 0 aliphatic carbocycles. The molecule has 1 rings (SSSR count). The Labute approximate surface area is 101 Å². The lowest BCUT2D eigenvalue weighted by Crippen LogP contribution is -2.45. The monoisotopic (exact) mass is 260 g/mol. The van der Waals surface area contributed by atoms with Crippen molar-refractivity contribution in [2.45, 2.75) is 12.8 Å². The SMILES string of the molecule is CS(=O)(=O)CCNC(=O)C1(C#N)CCOCC1. The van der Waals surface area contributed by atoms with Crippen LogP contribution in [0.5, 0.6) is 0 Å². The summed E-state index contributed by atoms with van der Waals surface area (Å²) in [6.45, 7) is 0.808. The van der Waals surface area contributed by atoms with Crippen LogP contribution in [0, 0.1) is 16.7 Å². The van der Waals surface area contributed by atoms with Crippen molar-refractivity contribution in [3.63, 3.8) is 0 Å². The highest BCUT2D eigenvalue weighted by atomic mass is 32.2. The molecule has 0 spiro atoms. The molecule has 0 aromatic rings. The molecule has 0 aromatic heterocycles. The first-order valence-electron chi connectivity index (χ1n) is 5.35. The number of ether oxygens (including phenoxy) is 1. The number of nitriles is 1. The van der Waals surface area contributed by atoms with E-state index in [1.54, 1.807) is 0 Å². The lowest BCUT2D eigenvalue weighted by Gasteiger charge is -2.29. The highest BCUT2D eigenvalue weighted by Gasteiger charge is 2.40. The van der Waals surface area contributed by atoms with E-state index in [1.807, 2.05) is 6.07 Å². The normalized spacial score (nSPS) is 19.3. The van der Waals surface area contributed by atoms with E-state index >= 15 is 0 Å². The van der Waals surface area contributed by atoms with Gasteiger partial charge in [0.15, 0.2) is 0 Å². The summed E-state index contributed by atoms with van der Waals surface area (Å²) < 4.78 is 26.9. The van der Waals surface area contributed by atoms with Gasteiger partial charge in [0.25, 0.3) is 0 Å². The van der Waals surface area contributed by atoms with Gasteiger partial charge in [-0.1, -0.05) is 0 Å². The topological polar surface area (TPSA) is 96.3 Å². The Morgan fingerprint density at radius 2 is 2.06 bits per heavy atom. The molecule has 7 heteroatoms. The van der Waals surface area contributed by atoms with E-state index in [9.17, 15) is 13.2 Å². The molecule has 0 aromatic carbocycles. The van der Waals surface area contributed by atoms with Crippen LogP contribution in [0.4, 0.5) is 0 Å². The lowest BCUT2D eigenvalue weighted by molar-refractivity contribution is -0.132. The summed E-state index contributed by atoms with van der Waals surface area (Å²) >= 11 is 0. The molecule has 1 amide bonds. The number of nitrogens with zero attached hydrogens (tertiary/aromatic N) is 1. The molecule has 1 heterocycles. The van der Waals surface area contributed by atoms with Crippen LogP contribution in [0.1, 0.15) is 12.8 Å². The number of rotatable bonds is 4. The molecular formula is C10H16N2O4S. The average molecular weight is 260 g/mol. The maximum atomic E-state index is 11.9. The maximum absolute atomic E-state index is 11.9. The first-order chi connectivity index (χ1) is 7.90. The third kappa shape index (κ3) is 3.98. The van der Waals surface area contributed by atoms with Crippen LogP contribution in [0.15, 0.2) is 0 Å². The molecule has 1 aliphatic heterocycles. The fraction of sp³-hybridized carbons (Fsp3) is 0.800. The van der Waals surface area contributed by atoms with E-state index in [0.717, 1.165) is 6.26 Å². The predicted molar refractivity (Wildman–Crippen MR) is 60.8 cm³/mol. The van der Waals surface area contributed by atoms with Gasteiger partial charge in [-0.3, -0.25) is 4.79 Å². The molecule has 17 heavy (non-hydrogen) atoms. The fourth-order valence-corrected chi connectivity index (χ4v) is 2.10. The van der Waals surface area contributed by atoms with Gasteiger partial charge in [-0.15, -0.1) is 0 Å². The van der Waals surface area contributed by atoms with Crippen LogP contribution in [0.3, 0.4) is 0 Å². The van der Waals surface area contributed by atoms with E-state index in [4.69, 9.17) is 10.00 Å². The van der Waals surface area contributed by atoms with Gasteiger partial charge in [0.05, 0.1) is 11.8 Å². The zero-order chi connectivity index (χ0) is 12.9. The van der Waals surface area contributed by atoms with Crippen molar-refractivity contribution in [3.8, 4) is 6.07 Å². The summed E-state index contributed by atoms with van der Waals surface area (Å²) in [5.74, 6) is -0.511. The molecule has 6 nitrogen and oxygen atoms in total. The van der Waals surface area contributed by atoms with Crippen LogP contribution in [0.2, 0.25) is 0 Å². The highest BCUT2D eigenvalue weighted by Crippen LogP contribution is 2.29. The zero-order valence-electron chi connectivity index (χ0n) is 9.73. The van der Waals surface area contributed by atoms with E-state index in [0.29, 0.717) is 26.1 Å². The third-order valence-electron chi connectivity index (χ3n) is 2.75. The Morgan fingerprint density at radius 3 is 2.53 bits per heavy atom. The Bertz CT molecular complexity index is 418. The molecule has 0 radical (unpaired) electrons. The van der Waals surface area contributed by atoms with E-state index in [-0.39, 0.29) is 12.3 Å². The van der Waals surface area contributed by atoms with Gasteiger partial charge < -0.3 is 10.1 Å². The van der Waals surface area contributed by atoms with Crippen molar-refractivity contribution >= 4 is 15.7 Å². The van der Waals surface area contributed by atoms with Gasteiger partial charge in [-0.05, 0) is 12.8 Å². The summed E-state index contributed by atoms with van der Waals surface area (Å²) in [7, 11) is -3.10. The third-order valence-corrected chi connectivity index (χ3v) is 3.70. The molecule has 1 aliphatic rings. The second kappa shape index (κ2) is 5.47. The van der Waals surface area contributed by atoms with Gasteiger partial charge >= 0.3 is 0 Å².